The minimum atomic E-state index is 0.309. The molecule has 1 aromatic carbocycles. The van der Waals surface area contributed by atoms with Gasteiger partial charge in [-0.1, -0.05) is 53.5 Å². The van der Waals surface area contributed by atoms with E-state index in [4.69, 9.17) is 11.6 Å². The Hall–Kier alpha value is 0.340. The largest absolute Gasteiger partial charge is 0.124 e. The van der Waals surface area contributed by atoms with Crippen LogP contribution in [0.5, 0.6) is 0 Å². The van der Waals surface area contributed by atoms with Gasteiger partial charge in [-0.05, 0) is 17.5 Å². The monoisotopic (exact) mass is 292 g/mol. The lowest BCUT2D eigenvalue weighted by Gasteiger charge is -2.20. The molecule has 3 heteroatoms. The van der Waals surface area contributed by atoms with Crippen LogP contribution in [0.2, 0.25) is 5.02 Å². The van der Waals surface area contributed by atoms with Crippen molar-refractivity contribution in [3.8, 4) is 0 Å². The highest BCUT2D eigenvalue weighted by Crippen LogP contribution is 2.32. The van der Waals surface area contributed by atoms with Crippen LogP contribution in [0.15, 0.2) is 29.2 Å². The van der Waals surface area contributed by atoms with Crippen molar-refractivity contribution in [3.05, 3.63) is 29.3 Å². The molecule has 0 nitrogen and oxygen atoms in total. The normalized spacial score (nSPS) is 11.7. The molecule has 0 saturated carbocycles. The molecule has 0 aromatic heterocycles. The van der Waals surface area contributed by atoms with Gasteiger partial charge in [0.05, 0.1) is 5.02 Å². The van der Waals surface area contributed by atoms with Gasteiger partial charge in [-0.15, -0.1) is 11.8 Å². The predicted octanol–water partition coefficient (Wildman–Crippen LogP) is 4.85. The van der Waals surface area contributed by atoms with Crippen molar-refractivity contribution in [1.82, 2.24) is 0 Å². The van der Waals surface area contributed by atoms with Gasteiger partial charge in [-0.25, -0.2) is 0 Å². The van der Waals surface area contributed by atoms with Gasteiger partial charge in [0.15, 0.2) is 0 Å². The highest BCUT2D eigenvalue weighted by atomic mass is 79.9. The molecule has 0 atom stereocenters. The highest BCUT2D eigenvalue weighted by Gasteiger charge is 2.16. The smallest absolute Gasteiger partial charge is 0.0541 e. The molecule has 0 fully saturated rings. The van der Waals surface area contributed by atoms with E-state index in [-0.39, 0.29) is 0 Å². The number of hydrogen-bond donors (Lipinski definition) is 0. The fraction of sp³-hybridized carbons (Fsp3) is 0.455. The first-order chi connectivity index (χ1) is 6.55. The molecular formula is C11H14BrClS. The van der Waals surface area contributed by atoms with E-state index in [1.807, 2.05) is 30.0 Å². The number of hydrogen-bond acceptors (Lipinski definition) is 1. The Morgan fingerprint density at radius 1 is 1.36 bits per heavy atom. The number of rotatable bonds is 4. The standard InChI is InChI=1S/C11H14BrClS/c1-11(2,7-12)8-14-10-6-4-3-5-9(10)13/h3-6H,7-8H2,1-2H3. The molecular weight excluding hydrogens is 280 g/mol. The summed E-state index contributed by atoms with van der Waals surface area (Å²) in [5.41, 5.74) is 0.309. The molecule has 0 unspecified atom stereocenters. The summed E-state index contributed by atoms with van der Waals surface area (Å²) in [4.78, 5) is 1.17. The Morgan fingerprint density at radius 3 is 2.57 bits per heavy atom. The van der Waals surface area contributed by atoms with E-state index in [0.29, 0.717) is 5.41 Å². The molecule has 14 heavy (non-hydrogen) atoms. The van der Waals surface area contributed by atoms with Crippen molar-refractivity contribution >= 4 is 39.3 Å². The summed E-state index contributed by atoms with van der Waals surface area (Å²) in [6, 6.07) is 7.99. The Balaban J connectivity index is 2.58. The van der Waals surface area contributed by atoms with Crippen LogP contribution in [0, 0.1) is 5.41 Å². The fourth-order valence-electron chi connectivity index (χ4n) is 0.873. The van der Waals surface area contributed by atoms with Crippen LogP contribution in [0.1, 0.15) is 13.8 Å². The van der Waals surface area contributed by atoms with Crippen molar-refractivity contribution in [2.75, 3.05) is 11.1 Å². The van der Waals surface area contributed by atoms with Crippen LogP contribution < -0.4 is 0 Å². The Labute approximate surface area is 104 Å². The maximum Gasteiger partial charge on any atom is 0.0541 e. The molecule has 1 rings (SSSR count). The van der Waals surface area contributed by atoms with Crippen molar-refractivity contribution in [3.63, 3.8) is 0 Å². The van der Waals surface area contributed by atoms with Crippen molar-refractivity contribution < 1.29 is 0 Å². The molecule has 0 radical (unpaired) electrons. The maximum absolute atomic E-state index is 6.06. The van der Waals surface area contributed by atoms with E-state index in [1.165, 1.54) is 4.90 Å². The van der Waals surface area contributed by atoms with Crippen molar-refractivity contribution in [1.29, 1.82) is 0 Å². The van der Waals surface area contributed by atoms with E-state index in [2.05, 4.69) is 35.8 Å². The molecule has 0 amide bonds. The summed E-state index contributed by atoms with van der Waals surface area (Å²) in [6.07, 6.45) is 0. The third kappa shape index (κ3) is 3.84. The summed E-state index contributed by atoms with van der Waals surface area (Å²) >= 11 is 11.4. The second kappa shape index (κ2) is 5.43. The van der Waals surface area contributed by atoms with Crippen molar-refractivity contribution in [2.24, 2.45) is 5.41 Å². The molecule has 0 aliphatic rings. The maximum atomic E-state index is 6.06. The van der Waals surface area contributed by atoms with Crippen LogP contribution in [0.3, 0.4) is 0 Å². The van der Waals surface area contributed by atoms with E-state index < -0.39 is 0 Å². The highest BCUT2D eigenvalue weighted by molar-refractivity contribution is 9.09. The Bertz CT molecular complexity index is 299. The Kier molecular flexibility index (Phi) is 4.81. The lowest BCUT2D eigenvalue weighted by atomic mass is 10.0. The van der Waals surface area contributed by atoms with E-state index in [9.17, 15) is 0 Å². The minimum Gasteiger partial charge on any atom is -0.124 e. The molecule has 0 N–H and O–H groups in total. The third-order valence-corrected chi connectivity index (χ3v) is 5.37. The van der Waals surface area contributed by atoms with Crippen LogP contribution in [-0.4, -0.2) is 11.1 Å². The second-order valence-corrected chi connectivity index (χ2v) is 6.00. The number of alkyl halides is 1. The minimum absolute atomic E-state index is 0.309. The average molecular weight is 294 g/mol. The van der Waals surface area contributed by atoms with Gasteiger partial charge in [0.2, 0.25) is 0 Å². The molecule has 0 spiro atoms. The zero-order valence-electron chi connectivity index (χ0n) is 8.39. The molecule has 1 aromatic rings. The Morgan fingerprint density at radius 2 is 2.00 bits per heavy atom. The number of benzene rings is 1. The van der Waals surface area contributed by atoms with Gasteiger partial charge in [0, 0.05) is 16.0 Å². The third-order valence-electron chi connectivity index (χ3n) is 1.82. The first kappa shape index (κ1) is 12.4. The average Bonchev–Trinajstić information content (AvgIpc) is 2.17. The summed E-state index contributed by atoms with van der Waals surface area (Å²) < 4.78 is 0. The van der Waals surface area contributed by atoms with E-state index >= 15 is 0 Å². The first-order valence-electron chi connectivity index (χ1n) is 4.48. The van der Waals surface area contributed by atoms with Gasteiger partial charge in [0.1, 0.15) is 0 Å². The van der Waals surface area contributed by atoms with Gasteiger partial charge >= 0.3 is 0 Å². The summed E-state index contributed by atoms with van der Waals surface area (Å²) in [6.45, 7) is 4.48. The fourth-order valence-corrected chi connectivity index (χ4v) is 2.66. The van der Waals surface area contributed by atoms with Crippen LogP contribution in [0.25, 0.3) is 0 Å². The second-order valence-electron chi connectivity index (χ2n) is 4.02. The first-order valence-corrected chi connectivity index (χ1v) is 6.97. The van der Waals surface area contributed by atoms with Crippen LogP contribution in [-0.2, 0) is 0 Å². The van der Waals surface area contributed by atoms with Gasteiger partial charge < -0.3 is 0 Å². The summed E-state index contributed by atoms with van der Waals surface area (Å²) in [5.74, 6) is 1.07. The summed E-state index contributed by atoms with van der Waals surface area (Å²) in [7, 11) is 0. The quantitative estimate of drug-likeness (QED) is 0.565. The molecule has 0 bridgehead atoms. The molecule has 0 saturated heterocycles. The van der Waals surface area contributed by atoms with Crippen LogP contribution >= 0.6 is 39.3 Å². The zero-order valence-corrected chi connectivity index (χ0v) is 11.5. The number of thioether (sulfide) groups is 1. The molecule has 0 aliphatic carbocycles. The van der Waals surface area contributed by atoms with Gasteiger partial charge in [-0.3, -0.25) is 0 Å². The lowest BCUT2D eigenvalue weighted by Crippen LogP contribution is -2.15. The predicted molar refractivity (Wildman–Crippen MR) is 69.8 cm³/mol. The SMILES string of the molecule is CC(C)(CBr)CSc1ccccc1Cl. The summed E-state index contributed by atoms with van der Waals surface area (Å²) in [5, 5.41) is 1.86. The molecule has 0 heterocycles. The van der Waals surface area contributed by atoms with Gasteiger partial charge in [-0.2, -0.15) is 0 Å². The van der Waals surface area contributed by atoms with E-state index in [1.54, 1.807) is 0 Å². The zero-order chi connectivity index (χ0) is 10.6. The molecule has 0 aliphatic heterocycles. The topological polar surface area (TPSA) is 0 Å². The van der Waals surface area contributed by atoms with E-state index in [0.717, 1.165) is 16.1 Å². The van der Waals surface area contributed by atoms with Gasteiger partial charge in [0.25, 0.3) is 0 Å². The lowest BCUT2D eigenvalue weighted by molar-refractivity contribution is 0.496. The molecule has 78 valence electrons. The number of halogens is 2. The van der Waals surface area contributed by atoms with Crippen LogP contribution in [0.4, 0.5) is 0 Å². The van der Waals surface area contributed by atoms with Crippen molar-refractivity contribution in [2.45, 2.75) is 18.7 Å².